The summed E-state index contributed by atoms with van der Waals surface area (Å²) >= 11 is 0. The van der Waals surface area contributed by atoms with Gasteiger partial charge in [0.2, 0.25) is 0 Å². The third-order valence-electron chi connectivity index (χ3n) is 3.57. The Morgan fingerprint density at radius 2 is 1.89 bits per heavy atom. The van der Waals surface area contributed by atoms with Gasteiger partial charge in [0.05, 0.1) is 0 Å². The maximum atomic E-state index is 12.1. The number of nitrogens with zero attached hydrogens (tertiary/aromatic N) is 1. The van der Waals surface area contributed by atoms with E-state index >= 15 is 0 Å². The highest BCUT2D eigenvalue weighted by molar-refractivity contribution is 5.75. The van der Waals surface area contributed by atoms with Crippen molar-refractivity contribution in [1.29, 1.82) is 0 Å². The van der Waals surface area contributed by atoms with Crippen LogP contribution in [0.2, 0.25) is 0 Å². The molecule has 0 saturated carbocycles. The SMILES string of the molecule is CC(C)(CCC(=O)O)NC(=O)N1CCC(CO)CC1. The van der Waals surface area contributed by atoms with E-state index in [1.165, 1.54) is 0 Å². The van der Waals surface area contributed by atoms with E-state index in [1.807, 2.05) is 13.8 Å². The van der Waals surface area contributed by atoms with Gasteiger partial charge in [0.15, 0.2) is 0 Å². The molecule has 0 aromatic carbocycles. The lowest BCUT2D eigenvalue weighted by Crippen LogP contribution is -2.52. The first-order valence-electron chi connectivity index (χ1n) is 6.74. The van der Waals surface area contributed by atoms with Gasteiger partial charge in [-0.1, -0.05) is 0 Å². The highest BCUT2D eigenvalue weighted by Gasteiger charge is 2.27. The number of carbonyl (C=O) groups excluding carboxylic acids is 1. The third-order valence-corrected chi connectivity index (χ3v) is 3.57. The topological polar surface area (TPSA) is 89.9 Å². The molecule has 0 radical (unpaired) electrons. The molecule has 6 heteroatoms. The summed E-state index contributed by atoms with van der Waals surface area (Å²) in [5.41, 5.74) is -0.525. The van der Waals surface area contributed by atoms with Crippen molar-refractivity contribution in [3.05, 3.63) is 0 Å². The van der Waals surface area contributed by atoms with Gasteiger partial charge in [0.25, 0.3) is 0 Å². The normalized spacial score (nSPS) is 17.3. The minimum Gasteiger partial charge on any atom is -0.481 e. The maximum absolute atomic E-state index is 12.1. The van der Waals surface area contributed by atoms with Gasteiger partial charge in [-0.3, -0.25) is 4.79 Å². The fourth-order valence-electron chi connectivity index (χ4n) is 2.17. The molecule has 1 fully saturated rings. The lowest BCUT2D eigenvalue weighted by atomic mass is 9.97. The van der Waals surface area contributed by atoms with Gasteiger partial charge in [-0.25, -0.2) is 4.79 Å². The lowest BCUT2D eigenvalue weighted by molar-refractivity contribution is -0.137. The number of nitrogens with one attached hydrogen (secondary N) is 1. The number of likely N-dealkylation sites (tertiary alicyclic amines) is 1. The van der Waals surface area contributed by atoms with Crippen molar-refractivity contribution in [1.82, 2.24) is 10.2 Å². The number of urea groups is 1. The number of carbonyl (C=O) groups is 2. The van der Waals surface area contributed by atoms with E-state index in [0.29, 0.717) is 25.4 Å². The number of aliphatic hydroxyl groups excluding tert-OH is 1. The van der Waals surface area contributed by atoms with Crippen molar-refractivity contribution in [3.8, 4) is 0 Å². The molecule has 1 aliphatic heterocycles. The number of rotatable bonds is 5. The molecular weight excluding hydrogens is 248 g/mol. The molecule has 0 aliphatic carbocycles. The van der Waals surface area contributed by atoms with Crippen LogP contribution in [0.15, 0.2) is 0 Å². The molecule has 1 rings (SSSR count). The molecule has 1 heterocycles. The van der Waals surface area contributed by atoms with Gasteiger partial charge >= 0.3 is 12.0 Å². The van der Waals surface area contributed by atoms with Crippen molar-refractivity contribution in [2.24, 2.45) is 5.92 Å². The summed E-state index contributed by atoms with van der Waals surface area (Å²) in [5, 5.41) is 20.6. The monoisotopic (exact) mass is 272 g/mol. The Morgan fingerprint density at radius 3 is 2.37 bits per heavy atom. The van der Waals surface area contributed by atoms with Crippen molar-refractivity contribution in [2.45, 2.75) is 45.1 Å². The Labute approximate surface area is 113 Å². The Kier molecular flexibility index (Phi) is 5.60. The predicted molar refractivity (Wildman–Crippen MR) is 70.9 cm³/mol. The Morgan fingerprint density at radius 1 is 1.32 bits per heavy atom. The number of piperidine rings is 1. The average Bonchev–Trinajstić information content (AvgIpc) is 2.36. The van der Waals surface area contributed by atoms with Crippen LogP contribution in [0.1, 0.15) is 39.5 Å². The number of hydrogen-bond acceptors (Lipinski definition) is 3. The number of aliphatic carboxylic acids is 1. The number of hydrogen-bond donors (Lipinski definition) is 3. The smallest absolute Gasteiger partial charge is 0.317 e. The Bertz CT molecular complexity index is 323. The number of carboxylic acid groups (broad SMARTS) is 1. The van der Waals surface area contributed by atoms with E-state index in [-0.39, 0.29) is 19.1 Å². The summed E-state index contributed by atoms with van der Waals surface area (Å²) in [6.07, 6.45) is 2.08. The van der Waals surface area contributed by atoms with Crippen LogP contribution in [0.3, 0.4) is 0 Å². The third kappa shape index (κ3) is 5.46. The molecule has 0 spiro atoms. The Hall–Kier alpha value is -1.30. The van der Waals surface area contributed by atoms with Gasteiger partial charge in [-0.15, -0.1) is 0 Å². The van der Waals surface area contributed by atoms with Gasteiger partial charge < -0.3 is 20.4 Å². The zero-order chi connectivity index (χ0) is 14.5. The molecule has 0 atom stereocenters. The van der Waals surface area contributed by atoms with Gasteiger partial charge in [-0.05, 0) is 39.0 Å². The van der Waals surface area contributed by atoms with Crippen LogP contribution in [0.4, 0.5) is 4.79 Å². The first-order valence-corrected chi connectivity index (χ1v) is 6.74. The highest BCUT2D eigenvalue weighted by Crippen LogP contribution is 2.18. The maximum Gasteiger partial charge on any atom is 0.317 e. The van der Waals surface area contributed by atoms with Crippen LogP contribution in [-0.2, 0) is 4.79 Å². The summed E-state index contributed by atoms with van der Waals surface area (Å²) < 4.78 is 0. The minimum atomic E-state index is -0.855. The molecule has 1 aliphatic rings. The minimum absolute atomic E-state index is 0.0415. The summed E-state index contributed by atoms with van der Waals surface area (Å²) in [6, 6.07) is -0.147. The molecule has 1 saturated heterocycles. The molecule has 19 heavy (non-hydrogen) atoms. The lowest BCUT2D eigenvalue weighted by Gasteiger charge is -2.34. The second kappa shape index (κ2) is 6.75. The number of amides is 2. The number of aliphatic hydroxyl groups is 1. The Balaban J connectivity index is 2.39. The first-order chi connectivity index (χ1) is 8.84. The van der Waals surface area contributed by atoms with E-state index < -0.39 is 11.5 Å². The van der Waals surface area contributed by atoms with Crippen LogP contribution in [-0.4, -0.2) is 52.3 Å². The molecule has 3 N–H and O–H groups in total. The van der Waals surface area contributed by atoms with Crippen LogP contribution >= 0.6 is 0 Å². The van der Waals surface area contributed by atoms with E-state index in [2.05, 4.69) is 5.32 Å². The van der Waals surface area contributed by atoms with Gasteiger partial charge in [-0.2, -0.15) is 0 Å². The van der Waals surface area contributed by atoms with Crippen LogP contribution in [0, 0.1) is 5.92 Å². The molecule has 0 aromatic heterocycles. The quantitative estimate of drug-likeness (QED) is 0.697. The highest BCUT2D eigenvalue weighted by atomic mass is 16.4. The van der Waals surface area contributed by atoms with E-state index in [1.54, 1.807) is 4.90 Å². The van der Waals surface area contributed by atoms with Crippen molar-refractivity contribution < 1.29 is 19.8 Å². The van der Waals surface area contributed by atoms with Gasteiger partial charge in [0.1, 0.15) is 0 Å². The fourth-order valence-corrected chi connectivity index (χ4v) is 2.17. The standard InChI is InChI=1S/C13H24N2O4/c1-13(2,6-3-11(17)18)14-12(19)15-7-4-10(9-16)5-8-15/h10,16H,3-9H2,1-2H3,(H,14,19)(H,17,18). The second-order valence-corrected chi connectivity index (χ2v) is 5.82. The summed E-state index contributed by atoms with van der Waals surface area (Å²) in [7, 11) is 0. The molecule has 2 amide bonds. The van der Waals surface area contributed by atoms with Crippen molar-refractivity contribution in [2.75, 3.05) is 19.7 Å². The zero-order valence-corrected chi connectivity index (χ0v) is 11.7. The molecule has 0 aromatic rings. The number of carboxylic acids is 1. The second-order valence-electron chi connectivity index (χ2n) is 5.82. The van der Waals surface area contributed by atoms with Crippen LogP contribution in [0.25, 0.3) is 0 Å². The molecule has 6 nitrogen and oxygen atoms in total. The molecule has 0 unspecified atom stereocenters. The van der Waals surface area contributed by atoms with E-state index in [0.717, 1.165) is 12.8 Å². The zero-order valence-electron chi connectivity index (χ0n) is 11.7. The summed E-state index contributed by atoms with van der Waals surface area (Å²) in [4.78, 5) is 24.3. The average molecular weight is 272 g/mol. The largest absolute Gasteiger partial charge is 0.481 e. The van der Waals surface area contributed by atoms with Gasteiger partial charge in [0, 0.05) is 31.7 Å². The molecule has 0 bridgehead atoms. The van der Waals surface area contributed by atoms with Crippen molar-refractivity contribution >= 4 is 12.0 Å². The summed E-state index contributed by atoms with van der Waals surface area (Å²) in [6.45, 7) is 5.13. The first kappa shape index (κ1) is 15.8. The molecule has 110 valence electrons. The fraction of sp³-hybridized carbons (Fsp3) is 0.846. The van der Waals surface area contributed by atoms with E-state index in [4.69, 9.17) is 10.2 Å². The molecular formula is C13H24N2O4. The summed E-state index contributed by atoms with van der Waals surface area (Å²) in [5.74, 6) is -0.560. The predicted octanol–water partition coefficient (Wildman–Crippen LogP) is 1.04. The van der Waals surface area contributed by atoms with Crippen molar-refractivity contribution in [3.63, 3.8) is 0 Å². The van der Waals surface area contributed by atoms with Crippen LogP contribution < -0.4 is 5.32 Å². The van der Waals surface area contributed by atoms with Crippen LogP contribution in [0.5, 0.6) is 0 Å². The van der Waals surface area contributed by atoms with E-state index in [9.17, 15) is 9.59 Å².